The Morgan fingerprint density at radius 2 is 1.81 bits per heavy atom. The van der Waals surface area contributed by atoms with E-state index < -0.39 is 6.09 Å². The molecule has 0 saturated carbocycles. The third-order valence-electron chi connectivity index (χ3n) is 3.32. The second-order valence-electron chi connectivity index (χ2n) is 5.13. The first-order chi connectivity index (χ1) is 12.7. The summed E-state index contributed by atoms with van der Waals surface area (Å²) in [5, 5.41) is 3.81. The molecule has 7 heteroatoms. The Kier molecular flexibility index (Phi) is 7.79. The molecule has 0 fully saturated rings. The van der Waals surface area contributed by atoms with Gasteiger partial charge in [-0.05, 0) is 24.3 Å². The van der Waals surface area contributed by atoms with Crippen molar-refractivity contribution in [3.8, 4) is 17.2 Å². The SMILES string of the molecule is COC(=O)N/N=C/c1ccccc1OCCCOc1cccc(OC)c1. The van der Waals surface area contributed by atoms with Gasteiger partial charge >= 0.3 is 6.09 Å². The summed E-state index contributed by atoms with van der Waals surface area (Å²) in [4.78, 5) is 11.0. The van der Waals surface area contributed by atoms with E-state index in [0.29, 0.717) is 25.4 Å². The minimum atomic E-state index is -0.630. The zero-order valence-corrected chi connectivity index (χ0v) is 14.8. The van der Waals surface area contributed by atoms with Gasteiger partial charge in [0.2, 0.25) is 0 Å². The zero-order valence-electron chi connectivity index (χ0n) is 14.8. The van der Waals surface area contributed by atoms with Crippen molar-refractivity contribution in [2.45, 2.75) is 6.42 Å². The molecule has 2 aromatic rings. The van der Waals surface area contributed by atoms with Gasteiger partial charge in [0.15, 0.2) is 0 Å². The van der Waals surface area contributed by atoms with Gasteiger partial charge in [0.05, 0.1) is 33.6 Å². The molecular formula is C19H22N2O5. The van der Waals surface area contributed by atoms with Crippen LogP contribution in [-0.2, 0) is 4.74 Å². The number of hydrazone groups is 1. The average Bonchev–Trinajstić information content (AvgIpc) is 2.68. The van der Waals surface area contributed by atoms with Gasteiger partial charge in [-0.3, -0.25) is 0 Å². The van der Waals surface area contributed by atoms with Crippen LogP contribution < -0.4 is 19.6 Å². The summed E-state index contributed by atoms with van der Waals surface area (Å²) in [5.74, 6) is 2.18. The number of methoxy groups -OCH3 is 2. The van der Waals surface area contributed by atoms with Crippen LogP contribution in [0.5, 0.6) is 17.2 Å². The Bertz CT molecular complexity index is 733. The van der Waals surface area contributed by atoms with Gasteiger partial charge in [-0.15, -0.1) is 0 Å². The molecule has 0 unspecified atom stereocenters. The molecule has 0 aliphatic heterocycles. The van der Waals surface area contributed by atoms with Crippen LogP contribution in [0, 0.1) is 0 Å². The molecule has 0 radical (unpaired) electrons. The van der Waals surface area contributed by atoms with Crippen LogP contribution in [-0.4, -0.2) is 39.7 Å². The number of hydrogen-bond donors (Lipinski definition) is 1. The fourth-order valence-electron chi connectivity index (χ4n) is 2.04. The normalized spacial score (nSPS) is 10.4. The molecule has 1 N–H and O–H groups in total. The molecule has 2 rings (SSSR count). The highest BCUT2D eigenvalue weighted by atomic mass is 16.5. The van der Waals surface area contributed by atoms with Crippen LogP contribution in [0.15, 0.2) is 53.6 Å². The maximum atomic E-state index is 11.0. The summed E-state index contributed by atoms with van der Waals surface area (Å²) in [6.45, 7) is 1.01. The van der Waals surface area contributed by atoms with Crippen molar-refractivity contribution in [3.05, 3.63) is 54.1 Å². The molecule has 7 nitrogen and oxygen atoms in total. The van der Waals surface area contributed by atoms with Crippen LogP contribution in [0.2, 0.25) is 0 Å². The number of ether oxygens (including phenoxy) is 4. The molecule has 1 amide bonds. The maximum Gasteiger partial charge on any atom is 0.427 e. The average molecular weight is 358 g/mol. The van der Waals surface area contributed by atoms with E-state index in [2.05, 4.69) is 15.3 Å². The van der Waals surface area contributed by atoms with Crippen molar-refractivity contribution in [1.29, 1.82) is 0 Å². The molecule has 0 aromatic heterocycles. The summed E-state index contributed by atoms with van der Waals surface area (Å²) in [6.07, 6.45) is 1.58. The third-order valence-corrected chi connectivity index (χ3v) is 3.32. The largest absolute Gasteiger partial charge is 0.497 e. The molecular weight excluding hydrogens is 336 g/mol. The van der Waals surface area contributed by atoms with Crippen LogP contribution in [0.1, 0.15) is 12.0 Å². The zero-order chi connectivity index (χ0) is 18.6. The monoisotopic (exact) mass is 358 g/mol. The first-order valence-electron chi connectivity index (χ1n) is 8.08. The quantitative estimate of drug-likeness (QED) is 0.423. The first kappa shape index (κ1) is 19.1. The van der Waals surface area contributed by atoms with E-state index in [1.54, 1.807) is 7.11 Å². The van der Waals surface area contributed by atoms with Gasteiger partial charge in [0.1, 0.15) is 17.2 Å². The molecule has 0 aliphatic rings. The molecule has 0 aliphatic carbocycles. The molecule has 26 heavy (non-hydrogen) atoms. The van der Waals surface area contributed by atoms with E-state index in [1.807, 2.05) is 48.5 Å². The summed E-state index contributed by atoms with van der Waals surface area (Å²) in [7, 11) is 2.89. The number of carbonyl (C=O) groups is 1. The van der Waals surface area contributed by atoms with E-state index in [9.17, 15) is 4.79 Å². The molecule has 138 valence electrons. The lowest BCUT2D eigenvalue weighted by atomic mass is 10.2. The highest BCUT2D eigenvalue weighted by Gasteiger charge is 2.02. The maximum absolute atomic E-state index is 11.0. The van der Waals surface area contributed by atoms with Gasteiger partial charge in [-0.1, -0.05) is 18.2 Å². The molecule has 0 bridgehead atoms. The Morgan fingerprint density at radius 1 is 1.04 bits per heavy atom. The van der Waals surface area contributed by atoms with Gasteiger partial charge in [-0.25, -0.2) is 10.2 Å². The third kappa shape index (κ3) is 6.35. The molecule has 0 spiro atoms. The minimum Gasteiger partial charge on any atom is -0.497 e. The fourth-order valence-corrected chi connectivity index (χ4v) is 2.04. The highest BCUT2D eigenvalue weighted by molar-refractivity contribution is 5.84. The molecule has 0 atom stereocenters. The van der Waals surface area contributed by atoms with Crippen molar-refractivity contribution in [1.82, 2.24) is 5.43 Å². The fraction of sp³-hybridized carbons (Fsp3) is 0.263. The predicted octanol–water partition coefficient (Wildman–Crippen LogP) is 3.23. The van der Waals surface area contributed by atoms with Crippen molar-refractivity contribution in [2.24, 2.45) is 5.10 Å². The Hall–Kier alpha value is -3.22. The second kappa shape index (κ2) is 10.6. The lowest BCUT2D eigenvalue weighted by Gasteiger charge is -2.10. The van der Waals surface area contributed by atoms with E-state index in [-0.39, 0.29) is 0 Å². The topological polar surface area (TPSA) is 78.4 Å². The van der Waals surface area contributed by atoms with Gasteiger partial charge in [0.25, 0.3) is 0 Å². The van der Waals surface area contributed by atoms with E-state index in [0.717, 1.165) is 17.1 Å². The van der Waals surface area contributed by atoms with E-state index >= 15 is 0 Å². The lowest BCUT2D eigenvalue weighted by molar-refractivity contribution is 0.171. The number of nitrogens with one attached hydrogen (secondary N) is 1. The number of nitrogens with zero attached hydrogens (tertiary/aromatic N) is 1. The number of para-hydroxylation sites is 1. The summed E-state index contributed by atoms with van der Waals surface area (Å²) in [6, 6.07) is 14.9. The Balaban J connectivity index is 1.77. The minimum absolute atomic E-state index is 0.485. The second-order valence-corrected chi connectivity index (χ2v) is 5.13. The van der Waals surface area contributed by atoms with Crippen molar-refractivity contribution < 1.29 is 23.7 Å². The van der Waals surface area contributed by atoms with E-state index in [4.69, 9.17) is 14.2 Å². The molecule has 2 aromatic carbocycles. The van der Waals surface area contributed by atoms with Crippen molar-refractivity contribution in [2.75, 3.05) is 27.4 Å². The standard InChI is InChI=1S/C19H22N2O5/c1-23-16-8-5-9-17(13-16)25-11-6-12-26-18-10-4-3-7-15(18)14-20-21-19(22)24-2/h3-5,7-10,13-14H,6,11-12H2,1-2H3,(H,21,22)/b20-14+. The summed E-state index contributed by atoms with van der Waals surface area (Å²) < 4.78 is 21.0. The Labute approximate surface area is 152 Å². The summed E-state index contributed by atoms with van der Waals surface area (Å²) in [5.41, 5.74) is 2.98. The molecule has 0 heterocycles. The number of carbonyl (C=O) groups excluding carboxylic acids is 1. The van der Waals surface area contributed by atoms with Crippen LogP contribution in [0.4, 0.5) is 4.79 Å². The van der Waals surface area contributed by atoms with Crippen LogP contribution >= 0.6 is 0 Å². The number of hydrogen-bond acceptors (Lipinski definition) is 6. The van der Waals surface area contributed by atoms with Crippen LogP contribution in [0.3, 0.4) is 0 Å². The van der Waals surface area contributed by atoms with Crippen molar-refractivity contribution in [3.63, 3.8) is 0 Å². The number of rotatable bonds is 9. The van der Waals surface area contributed by atoms with Crippen LogP contribution in [0.25, 0.3) is 0 Å². The number of amides is 1. The van der Waals surface area contributed by atoms with Gasteiger partial charge < -0.3 is 18.9 Å². The highest BCUT2D eigenvalue weighted by Crippen LogP contribution is 2.19. The molecule has 0 saturated heterocycles. The van der Waals surface area contributed by atoms with Gasteiger partial charge in [-0.2, -0.15) is 5.10 Å². The smallest absolute Gasteiger partial charge is 0.427 e. The lowest BCUT2D eigenvalue weighted by Crippen LogP contribution is -2.16. The van der Waals surface area contributed by atoms with Crippen molar-refractivity contribution >= 4 is 12.3 Å². The predicted molar refractivity (Wildman–Crippen MR) is 98.2 cm³/mol. The van der Waals surface area contributed by atoms with E-state index in [1.165, 1.54) is 13.3 Å². The summed E-state index contributed by atoms with van der Waals surface area (Å²) >= 11 is 0. The number of benzene rings is 2. The first-order valence-corrected chi connectivity index (χ1v) is 8.08. The Morgan fingerprint density at radius 3 is 2.62 bits per heavy atom. The van der Waals surface area contributed by atoms with Gasteiger partial charge in [0, 0.05) is 18.1 Å².